The molecule has 2 aliphatic rings. The molecule has 0 spiro atoms. The van der Waals surface area contributed by atoms with Crippen LogP contribution in [0.5, 0.6) is 0 Å². The van der Waals surface area contributed by atoms with Crippen molar-refractivity contribution in [2.75, 3.05) is 5.32 Å². The van der Waals surface area contributed by atoms with Crippen LogP contribution in [0.4, 0.5) is 5.82 Å². The average Bonchev–Trinajstić information content (AvgIpc) is 3.43. The Morgan fingerprint density at radius 1 is 1.28 bits per heavy atom. The highest BCUT2D eigenvalue weighted by Gasteiger charge is 2.31. The van der Waals surface area contributed by atoms with E-state index in [2.05, 4.69) is 47.5 Å². The largest absolute Gasteiger partial charge is 0.378 e. The van der Waals surface area contributed by atoms with E-state index in [1.165, 1.54) is 12.8 Å². The highest BCUT2D eigenvalue weighted by molar-refractivity contribution is 5.83. The molecular formula is C23H33N5O. The molecule has 2 aromatic heterocycles. The maximum Gasteiger partial charge on any atom is 0.209 e. The first-order valence-corrected chi connectivity index (χ1v) is 11.2. The number of anilines is 1. The molecule has 2 saturated carbocycles. The van der Waals surface area contributed by atoms with Gasteiger partial charge in [0.15, 0.2) is 17.0 Å². The van der Waals surface area contributed by atoms with E-state index in [1.807, 2.05) is 6.33 Å². The van der Waals surface area contributed by atoms with Gasteiger partial charge in [0.2, 0.25) is 5.82 Å². The highest BCUT2D eigenvalue weighted by atomic mass is 16.3. The molecule has 2 atom stereocenters. The zero-order chi connectivity index (χ0) is 20.4. The lowest BCUT2D eigenvalue weighted by molar-refractivity contribution is 0.0410. The van der Waals surface area contributed by atoms with Crippen LogP contribution in [-0.2, 0) is 6.54 Å². The molecule has 2 heterocycles. The number of aliphatic hydroxyl groups is 1. The maximum atomic E-state index is 10.9. The Bertz CT molecular complexity index is 918. The van der Waals surface area contributed by atoms with E-state index in [0.717, 1.165) is 68.0 Å². The van der Waals surface area contributed by atoms with Gasteiger partial charge in [-0.1, -0.05) is 33.1 Å². The summed E-state index contributed by atoms with van der Waals surface area (Å²) in [6.45, 7) is 7.48. The lowest BCUT2D eigenvalue weighted by Crippen LogP contribution is -2.32. The second-order valence-electron chi connectivity index (χ2n) is 9.05. The summed E-state index contributed by atoms with van der Waals surface area (Å²) in [6.07, 6.45) is 10.1. The van der Waals surface area contributed by atoms with Crippen LogP contribution in [0.1, 0.15) is 78.0 Å². The van der Waals surface area contributed by atoms with Gasteiger partial charge in [0.25, 0.3) is 0 Å². The number of aromatic nitrogens is 4. The second kappa shape index (κ2) is 8.31. The van der Waals surface area contributed by atoms with Crippen molar-refractivity contribution in [2.24, 2.45) is 11.8 Å². The van der Waals surface area contributed by atoms with E-state index in [0.29, 0.717) is 17.8 Å². The first-order valence-electron chi connectivity index (χ1n) is 11.2. The van der Waals surface area contributed by atoms with Gasteiger partial charge in [-0.2, -0.15) is 0 Å². The molecule has 156 valence electrons. The zero-order valence-electron chi connectivity index (χ0n) is 17.9. The smallest absolute Gasteiger partial charge is 0.209 e. The van der Waals surface area contributed by atoms with Gasteiger partial charge < -0.3 is 15.0 Å². The molecule has 2 aromatic rings. The minimum Gasteiger partial charge on any atom is -0.378 e. The molecule has 29 heavy (non-hydrogen) atoms. The number of imidazole rings is 1. The fourth-order valence-corrected chi connectivity index (χ4v) is 4.31. The highest BCUT2D eigenvalue weighted by Crippen LogP contribution is 2.33. The predicted octanol–water partition coefficient (Wildman–Crippen LogP) is 4.13. The Balaban J connectivity index is 1.70. The van der Waals surface area contributed by atoms with Gasteiger partial charge in [0, 0.05) is 12.6 Å². The minimum atomic E-state index is -0.923. The van der Waals surface area contributed by atoms with Crippen molar-refractivity contribution in [1.82, 2.24) is 19.5 Å². The monoisotopic (exact) mass is 395 g/mol. The summed E-state index contributed by atoms with van der Waals surface area (Å²) in [6, 6.07) is 0.339. The SMILES string of the molecule is CCC(CC)Nc1nc(C#C[C@]2(O)CCC[C@@H](C)C2)nc2c1ncn2CC1CC1. The Kier molecular flexibility index (Phi) is 5.78. The molecule has 0 amide bonds. The normalized spacial score (nSPS) is 24.5. The van der Waals surface area contributed by atoms with Crippen LogP contribution in [0.15, 0.2) is 6.33 Å². The van der Waals surface area contributed by atoms with Crippen LogP contribution in [0.25, 0.3) is 11.2 Å². The van der Waals surface area contributed by atoms with E-state index >= 15 is 0 Å². The van der Waals surface area contributed by atoms with Crippen molar-refractivity contribution in [3.05, 3.63) is 12.2 Å². The van der Waals surface area contributed by atoms with E-state index in [1.54, 1.807) is 0 Å². The van der Waals surface area contributed by atoms with Gasteiger partial charge in [-0.05, 0) is 62.7 Å². The molecule has 0 saturated heterocycles. The third-order valence-electron chi connectivity index (χ3n) is 6.32. The van der Waals surface area contributed by atoms with Crippen molar-refractivity contribution < 1.29 is 5.11 Å². The molecule has 0 aliphatic heterocycles. The lowest BCUT2D eigenvalue weighted by Gasteiger charge is -2.30. The first kappa shape index (κ1) is 20.2. The lowest BCUT2D eigenvalue weighted by atomic mass is 9.79. The van der Waals surface area contributed by atoms with Crippen molar-refractivity contribution in [3.8, 4) is 11.8 Å². The third-order valence-corrected chi connectivity index (χ3v) is 6.32. The summed E-state index contributed by atoms with van der Waals surface area (Å²) >= 11 is 0. The second-order valence-corrected chi connectivity index (χ2v) is 9.05. The maximum absolute atomic E-state index is 10.9. The molecule has 2 aliphatic carbocycles. The summed E-state index contributed by atoms with van der Waals surface area (Å²) in [5.41, 5.74) is 0.731. The van der Waals surface area contributed by atoms with Crippen molar-refractivity contribution in [1.29, 1.82) is 0 Å². The van der Waals surface area contributed by atoms with Gasteiger partial charge in [0.05, 0.1) is 6.33 Å². The van der Waals surface area contributed by atoms with Crippen LogP contribution < -0.4 is 5.32 Å². The third kappa shape index (κ3) is 4.72. The Morgan fingerprint density at radius 3 is 2.76 bits per heavy atom. The van der Waals surface area contributed by atoms with Crippen LogP contribution >= 0.6 is 0 Å². The number of fused-ring (bicyclic) bond motifs is 1. The topological polar surface area (TPSA) is 75.9 Å². The molecule has 0 bridgehead atoms. The summed E-state index contributed by atoms with van der Waals surface area (Å²) in [5, 5.41) is 14.4. The standard InChI is InChI=1S/C23H33N5O/c1-4-18(5-2)25-21-20-22(28(15-24-20)14-17-8-9-17)27-19(26-21)10-12-23(29)11-6-7-16(3)13-23/h15-18,29H,4-9,11,13-14H2,1-3H3,(H,25,26,27)/t16-,23-/m1/s1. The quantitative estimate of drug-likeness (QED) is 0.719. The molecule has 2 fully saturated rings. The fraction of sp³-hybridized carbons (Fsp3) is 0.696. The molecule has 6 heteroatoms. The van der Waals surface area contributed by atoms with Crippen molar-refractivity contribution >= 4 is 17.0 Å². The van der Waals surface area contributed by atoms with Crippen LogP contribution in [0.2, 0.25) is 0 Å². The minimum absolute atomic E-state index is 0.339. The van der Waals surface area contributed by atoms with E-state index in [-0.39, 0.29) is 0 Å². The van der Waals surface area contributed by atoms with Crippen molar-refractivity contribution in [2.45, 2.75) is 90.3 Å². The average molecular weight is 396 g/mol. The number of nitrogens with one attached hydrogen (secondary N) is 1. The summed E-state index contributed by atoms with van der Waals surface area (Å²) in [4.78, 5) is 14.0. The van der Waals surface area contributed by atoms with Crippen LogP contribution in [0, 0.1) is 23.7 Å². The van der Waals surface area contributed by atoms with E-state index < -0.39 is 5.60 Å². The number of hydrogen-bond donors (Lipinski definition) is 2. The predicted molar refractivity (Wildman–Crippen MR) is 115 cm³/mol. The van der Waals surface area contributed by atoms with Gasteiger partial charge in [-0.25, -0.2) is 15.0 Å². The Morgan fingerprint density at radius 2 is 2.07 bits per heavy atom. The summed E-state index contributed by atoms with van der Waals surface area (Å²) in [5.74, 6) is 8.66. The molecule has 0 radical (unpaired) electrons. The van der Waals surface area contributed by atoms with Gasteiger partial charge in [-0.15, -0.1) is 0 Å². The first-order chi connectivity index (χ1) is 14.0. The molecule has 4 rings (SSSR count). The van der Waals surface area contributed by atoms with Crippen molar-refractivity contribution in [3.63, 3.8) is 0 Å². The summed E-state index contributed by atoms with van der Waals surface area (Å²) < 4.78 is 2.13. The van der Waals surface area contributed by atoms with E-state index in [9.17, 15) is 5.11 Å². The zero-order valence-corrected chi connectivity index (χ0v) is 17.9. The molecule has 2 N–H and O–H groups in total. The Hall–Kier alpha value is -2.13. The molecule has 0 unspecified atom stereocenters. The molecule has 6 nitrogen and oxygen atoms in total. The van der Waals surface area contributed by atoms with Gasteiger partial charge in [-0.3, -0.25) is 0 Å². The number of nitrogens with zero attached hydrogens (tertiary/aromatic N) is 4. The fourth-order valence-electron chi connectivity index (χ4n) is 4.31. The number of rotatable bonds is 6. The summed E-state index contributed by atoms with van der Waals surface area (Å²) in [7, 11) is 0. The number of hydrogen-bond acceptors (Lipinski definition) is 5. The molecular weight excluding hydrogens is 362 g/mol. The van der Waals surface area contributed by atoms with E-state index in [4.69, 9.17) is 9.97 Å². The Labute approximate surface area is 173 Å². The van der Waals surface area contributed by atoms with Gasteiger partial charge in [0.1, 0.15) is 5.60 Å². The van der Waals surface area contributed by atoms with Gasteiger partial charge >= 0.3 is 0 Å². The molecule has 0 aromatic carbocycles. The van der Waals surface area contributed by atoms with Crippen LogP contribution in [-0.4, -0.2) is 36.3 Å². The van der Waals surface area contributed by atoms with Crippen LogP contribution in [0.3, 0.4) is 0 Å².